The average molecular weight is 213 g/mol. The first-order valence-electron chi connectivity index (χ1n) is 6.46. The fraction of sp³-hybridized carbons (Fsp3) is 1.00. The summed E-state index contributed by atoms with van der Waals surface area (Å²) in [5.41, 5.74) is -0.493. The lowest BCUT2D eigenvalue weighted by Gasteiger charge is -2.21. The van der Waals surface area contributed by atoms with Gasteiger partial charge < -0.3 is 10.4 Å². The van der Waals surface area contributed by atoms with Crippen molar-refractivity contribution in [1.82, 2.24) is 5.32 Å². The van der Waals surface area contributed by atoms with Crippen LogP contribution in [0.2, 0.25) is 0 Å². The Labute approximate surface area is 94.5 Å². The minimum absolute atomic E-state index is 0.493. The fourth-order valence-electron chi connectivity index (χ4n) is 2.42. The molecule has 1 fully saturated rings. The molecule has 90 valence electrons. The van der Waals surface area contributed by atoms with Gasteiger partial charge in [0.05, 0.1) is 5.60 Å². The lowest BCUT2D eigenvalue weighted by molar-refractivity contribution is 0.0674. The molecule has 0 bridgehead atoms. The van der Waals surface area contributed by atoms with E-state index in [1.165, 1.54) is 32.1 Å². The highest BCUT2D eigenvalue weighted by atomic mass is 16.3. The Kier molecular flexibility index (Phi) is 5.07. The minimum atomic E-state index is -0.493. The molecule has 1 aliphatic carbocycles. The van der Waals surface area contributed by atoms with Crippen LogP contribution in [0.1, 0.15) is 65.7 Å². The zero-order valence-corrected chi connectivity index (χ0v) is 10.6. The third-order valence-electron chi connectivity index (χ3n) is 3.30. The largest absolute Gasteiger partial charge is 0.390 e. The van der Waals surface area contributed by atoms with E-state index in [9.17, 15) is 5.11 Å². The number of hydrogen-bond acceptors (Lipinski definition) is 2. The molecule has 0 unspecified atom stereocenters. The van der Waals surface area contributed by atoms with Crippen LogP contribution in [0.25, 0.3) is 0 Å². The zero-order chi connectivity index (χ0) is 11.3. The average Bonchev–Trinajstić information content (AvgIpc) is 2.54. The predicted octanol–water partition coefficient (Wildman–Crippen LogP) is 2.85. The Morgan fingerprint density at radius 2 is 1.93 bits per heavy atom. The Hall–Kier alpha value is -0.0800. The van der Waals surface area contributed by atoms with Crippen molar-refractivity contribution in [3.8, 4) is 0 Å². The lowest BCUT2D eigenvalue weighted by atomic mass is 9.99. The molecule has 2 heteroatoms. The molecule has 2 N–H and O–H groups in total. The van der Waals surface area contributed by atoms with Crippen LogP contribution in [0.5, 0.6) is 0 Å². The molecular weight excluding hydrogens is 186 g/mol. The molecule has 1 atom stereocenters. The summed E-state index contributed by atoms with van der Waals surface area (Å²) in [6, 6.07) is 1.37. The molecule has 0 heterocycles. The van der Waals surface area contributed by atoms with Crippen molar-refractivity contribution in [1.29, 1.82) is 0 Å². The van der Waals surface area contributed by atoms with Gasteiger partial charge in [0.15, 0.2) is 0 Å². The summed E-state index contributed by atoms with van der Waals surface area (Å²) >= 11 is 0. The standard InChI is InChI=1S/C13H27NO/c1-11(7-6-10-13(2,3)15)14-12-8-4-5-9-12/h11-12,14-15H,4-10H2,1-3H3/t11-/m0/s1. The van der Waals surface area contributed by atoms with Crippen molar-refractivity contribution in [2.45, 2.75) is 83.4 Å². The molecule has 0 aromatic heterocycles. The van der Waals surface area contributed by atoms with E-state index < -0.39 is 5.60 Å². The number of hydrogen-bond donors (Lipinski definition) is 2. The zero-order valence-electron chi connectivity index (χ0n) is 10.6. The van der Waals surface area contributed by atoms with Crippen LogP contribution in [0.15, 0.2) is 0 Å². The van der Waals surface area contributed by atoms with E-state index in [4.69, 9.17) is 0 Å². The smallest absolute Gasteiger partial charge is 0.0591 e. The molecule has 0 saturated heterocycles. The molecule has 1 saturated carbocycles. The lowest BCUT2D eigenvalue weighted by Crippen LogP contribution is -2.34. The van der Waals surface area contributed by atoms with Crippen LogP contribution < -0.4 is 5.32 Å². The van der Waals surface area contributed by atoms with Crippen molar-refractivity contribution >= 4 is 0 Å². The van der Waals surface area contributed by atoms with Gasteiger partial charge in [-0.15, -0.1) is 0 Å². The van der Waals surface area contributed by atoms with Crippen LogP contribution in [0, 0.1) is 0 Å². The molecular formula is C13H27NO. The summed E-state index contributed by atoms with van der Waals surface area (Å²) in [6.07, 6.45) is 8.71. The fourth-order valence-corrected chi connectivity index (χ4v) is 2.42. The second-order valence-electron chi connectivity index (χ2n) is 5.75. The van der Waals surface area contributed by atoms with Gasteiger partial charge in [0, 0.05) is 12.1 Å². The van der Waals surface area contributed by atoms with Gasteiger partial charge in [-0.2, -0.15) is 0 Å². The van der Waals surface area contributed by atoms with Crippen molar-refractivity contribution in [2.75, 3.05) is 0 Å². The van der Waals surface area contributed by atoms with E-state index in [1.807, 2.05) is 13.8 Å². The molecule has 0 aromatic rings. The van der Waals surface area contributed by atoms with Gasteiger partial charge >= 0.3 is 0 Å². The van der Waals surface area contributed by atoms with Crippen LogP contribution >= 0.6 is 0 Å². The summed E-state index contributed by atoms with van der Waals surface area (Å²) in [7, 11) is 0. The normalized spacial score (nSPS) is 20.8. The van der Waals surface area contributed by atoms with E-state index in [0.29, 0.717) is 6.04 Å². The van der Waals surface area contributed by atoms with Crippen LogP contribution in [0.3, 0.4) is 0 Å². The quantitative estimate of drug-likeness (QED) is 0.711. The highest BCUT2D eigenvalue weighted by molar-refractivity contribution is 4.77. The van der Waals surface area contributed by atoms with Crippen molar-refractivity contribution in [3.63, 3.8) is 0 Å². The summed E-state index contributed by atoms with van der Waals surface area (Å²) in [5.74, 6) is 0. The number of rotatable bonds is 6. The SMILES string of the molecule is C[C@@H](CCCC(C)(C)O)NC1CCCC1. The molecule has 1 aliphatic rings. The molecule has 0 spiro atoms. The Morgan fingerprint density at radius 1 is 1.33 bits per heavy atom. The molecule has 1 rings (SSSR count). The van der Waals surface area contributed by atoms with Gasteiger partial charge in [0.2, 0.25) is 0 Å². The second-order valence-corrected chi connectivity index (χ2v) is 5.75. The van der Waals surface area contributed by atoms with E-state index in [2.05, 4.69) is 12.2 Å². The molecule has 2 nitrogen and oxygen atoms in total. The Morgan fingerprint density at radius 3 is 2.47 bits per heavy atom. The molecule has 0 radical (unpaired) electrons. The van der Waals surface area contributed by atoms with Gasteiger partial charge in [-0.1, -0.05) is 12.8 Å². The summed E-state index contributed by atoms with van der Waals surface area (Å²) in [4.78, 5) is 0. The third-order valence-corrected chi connectivity index (χ3v) is 3.30. The maximum atomic E-state index is 9.59. The summed E-state index contributed by atoms with van der Waals surface area (Å²) in [5, 5.41) is 13.3. The second kappa shape index (κ2) is 5.86. The van der Waals surface area contributed by atoms with Gasteiger partial charge in [-0.25, -0.2) is 0 Å². The number of aliphatic hydroxyl groups is 1. The third kappa shape index (κ3) is 6.16. The summed E-state index contributed by atoms with van der Waals surface area (Å²) < 4.78 is 0. The van der Waals surface area contributed by atoms with Crippen LogP contribution in [-0.4, -0.2) is 22.8 Å². The molecule has 0 aromatic carbocycles. The highest BCUT2D eigenvalue weighted by Gasteiger charge is 2.17. The van der Waals surface area contributed by atoms with E-state index in [-0.39, 0.29) is 0 Å². The first-order valence-corrected chi connectivity index (χ1v) is 6.46. The summed E-state index contributed by atoms with van der Waals surface area (Å²) in [6.45, 7) is 6.05. The topological polar surface area (TPSA) is 32.3 Å². The minimum Gasteiger partial charge on any atom is -0.390 e. The Balaban J connectivity index is 2.05. The van der Waals surface area contributed by atoms with E-state index in [0.717, 1.165) is 18.9 Å². The first-order chi connectivity index (χ1) is 6.97. The maximum Gasteiger partial charge on any atom is 0.0591 e. The highest BCUT2D eigenvalue weighted by Crippen LogP contribution is 2.19. The molecule has 15 heavy (non-hydrogen) atoms. The molecule has 0 aliphatic heterocycles. The predicted molar refractivity (Wildman–Crippen MR) is 65.0 cm³/mol. The van der Waals surface area contributed by atoms with Crippen molar-refractivity contribution in [2.24, 2.45) is 0 Å². The van der Waals surface area contributed by atoms with Crippen molar-refractivity contribution < 1.29 is 5.11 Å². The Bertz CT molecular complexity index is 168. The van der Waals surface area contributed by atoms with Crippen molar-refractivity contribution in [3.05, 3.63) is 0 Å². The van der Waals surface area contributed by atoms with Gasteiger partial charge in [-0.05, 0) is 52.9 Å². The first kappa shape index (κ1) is 13.0. The molecule has 0 amide bonds. The van der Waals surface area contributed by atoms with E-state index >= 15 is 0 Å². The van der Waals surface area contributed by atoms with Crippen LogP contribution in [0.4, 0.5) is 0 Å². The van der Waals surface area contributed by atoms with Gasteiger partial charge in [0.1, 0.15) is 0 Å². The van der Waals surface area contributed by atoms with Gasteiger partial charge in [0.25, 0.3) is 0 Å². The van der Waals surface area contributed by atoms with Gasteiger partial charge in [-0.3, -0.25) is 0 Å². The number of nitrogens with one attached hydrogen (secondary N) is 1. The van der Waals surface area contributed by atoms with E-state index in [1.54, 1.807) is 0 Å². The monoisotopic (exact) mass is 213 g/mol. The maximum absolute atomic E-state index is 9.59. The van der Waals surface area contributed by atoms with Crippen LogP contribution in [-0.2, 0) is 0 Å².